The Balaban J connectivity index is 2.03. The Morgan fingerprint density at radius 2 is 1.33 bits per heavy atom. The number of fused-ring (bicyclic) bond motifs is 3. The van der Waals surface area contributed by atoms with Crippen LogP contribution in [-0.4, -0.2) is 18.3 Å². The monoisotopic (exact) mass is 419 g/mol. The first-order chi connectivity index (χ1) is 12.8. The van der Waals surface area contributed by atoms with Gasteiger partial charge in [-0.15, -0.1) is 0 Å². The molecule has 0 atom stereocenters. The molecule has 27 heavy (non-hydrogen) atoms. The summed E-state index contributed by atoms with van der Waals surface area (Å²) in [5.41, 5.74) is 4.51. The molecule has 0 radical (unpaired) electrons. The SMILES string of the molecule is Cc1cc(C)cc(-c2nccc3c2ccc2c(F)[c]([Ge]([CH3])([CH3])[CH3])ccc23)c1. The molecule has 1 heterocycles. The van der Waals surface area contributed by atoms with Gasteiger partial charge in [-0.05, 0) is 0 Å². The van der Waals surface area contributed by atoms with Crippen LogP contribution in [-0.2, 0) is 0 Å². The van der Waals surface area contributed by atoms with Crippen molar-refractivity contribution < 1.29 is 4.39 Å². The van der Waals surface area contributed by atoms with Crippen molar-refractivity contribution in [2.24, 2.45) is 0 Å². The molecule has 0 aliphatic rings. The number of hydrogen-bond donors (Lipinski definition) is 0. The zero-order chi connectivity index (χ0) is 19.3. The summed E-state index contributed by atoms with van der Waals surface area (Å²) in [5.74, 6) is 6.65. The first-order valence-corrected chi connectivity index (χ1v) is 16.7. The Kier molecular flexibility index (Phi) is 4.34. The molecule has 4 aromatic rings. The van der Waals surface area contributed by atoms with E-state index in [1.54, 1.807) is 0 Å². The Bertz CT molecular complexity index is 1170. The summed E-state index contributed by atoms with van der Waals surface area (Å²) in [5, 5.41) is 3.81. The molecule has 0 unspecified atom stereocenters. The summed E-state index contributed by atoms with van der Waals surface area (Å²) < 4.78 is 16.2. The van der Waals surface area contributed by atoms with Crippen LogP contribution in [0, 0.1) is 19.7 Å². The van der Waals surface area contributed by atoms with E-state index in [1.165, 1.54) is 11.1 Å². The molecule has 3 heteroatoms. The van der Waals surface area contributed by atoms with Crippen LogP contribution in [0.1, 0.15) is 11.1 Å². The molecule has 0 N–H and O–H groups in total. The second kappa shape index (κ2) is 6.45. The van der Waals surface area contributed by atoms with Crippen LogP contribution in [0.4, 0.5) is 4.39 Å². The number of aryl methyl sites for hydroxylation is 2. The average Bonchev–Trinajstić information content (AvgIpc) is 2.59. The van der Waals surface area contributed by atoms with Gasteiger partial charge in [-0.3, -0.25) is 0 Å². The van der Waals surface area contributed by atoms with Crippen molar-refractivity contribution in [3.8, 4) is 11.3 Å². The van der Waals surface area contributed by atoms with Gasteiger partial charge >= 0.3 is 163 Å². The maximum absolute atomic E-state index is 15.3. The number of pyridine rings is 1. The van der Waals surface area contributed by atoms with E-state index in [2.05, 4.69) is 60.4 Å². The van der Waals surface area contributed by atoms with Gasteiger partial charge in [-0.2, -0.15) is 0 Å². The zero-order valence-corrected chi connectivity index (χ0v) is 18.6. The molecule has 136 valence electrons. The maximum atomic E-state index is 15.3. The molecule has 0 spiro atoms. The molecule has 0 aliphatic heterocycles. The van der Waals surface area contributed by atoms with Crippen LogP contribution in [0.25, 0.3) is 32.8 Å². The summed E-state index contributed by atoms with van der Waals surface area (Å²) >= 11 is -2.25. The van der Waals surface area contributed by atoms with Crippen molar-refractivity contribution in [2.75, 3.05) is 0 Å². The number of halogens is 1. The van der Waals surface area contributed by atoms with E-state index in [0.29, 0.717) is 0 Å². The van der Waals surface area contributed by atoms with Gasteiger partial charge in [0.2, 0.25) is 0 Å². The molecule has 1 aromatic heterocycles. The second-order valence-corrected chi connectivity index (χ2v) is 19.0. The van der Waals surface area contributed by atoms with Crippen LogP contribution in [0.2, 0.25) is 17.3 Å². The third-order valence-electron chi connectivity index (χ3n) is 5.18. The molecular weight excluding hydrogens is 394 g/mol. The van der Waals surface area contributed by atoms with Crippen LogP contribution in [0.15, 0.2) is 54.7 Å². The van der Waals surface area contributed by atoms with Gasteiger partial charge < -0.3 is 0 Å². The van der Waals surface area contributed by atoms with E-state index in [-0.39, 0.29) is 5.82 Å². The third-order valence-corrected chi connectivity index (χ3v) is 9.38. The Morgan fingerprint density at radius 1 is 0.741 bits per heavy atom. The minimum absolute atomic E-state index is 0.0355. The molecule has 0 saturated carbocycles. The van der Waals surface area contributed by atoms with Gasteiger partial charge in [0.15, 0.2) is 0 Å². The van der Waals surface area contributed by atoms with Gasteiger partial charge in [-0.1, -0.05) is 0 Å². The Hall–Kier alpha value is -2.20. The summed E-state index contributed by atoms with van der Waals surface area (Å²) in [6.07, 6.45) is 1.84. The van der Waals surface area contributed by atoms with Crippen molar-refractivity contribution in [1.82, 2.24) is 4.98 Å². The first kappa shape index (κ1) is 18.2. The summed E-state index contributed by atoms with van der Waals surface area (Å²) in [6.45, 7) is 4.21. The van der Waals surface area contributed by atoms with Gasteiger partial charge in [0.05, 0.1) is 0 Å². The molecule has 1 nitrogen and oxygen atoms in total. The van der Waals surface area contributed by atoms with Crippen molar-refractivity contribution in [1.29, 1.82) is 0 Å². The molecule has 0 bridgehead atoms. The fraction of sp³-hybridized carbons (Fsp3) is 0.208. The molecule has 0 fully saturated rings. The quantitative estimate of drug-likeness (QED) is 0.273. The van der Waals surface area contributed by atoms with Gasteiger partial charge in [0, 0.05) is 0 Å². The van der Waals surface area contributed by atoms with Gasteiger partial charge in [0.25, 0.3) is 0 Å². The van der Waals surface area contributed by atoms with E-state index >= 15 is 4.39 Å². The Morgan fingerprint density at radius 3 is 2.00 bits per heavy atom. The fourth-order valence-corrected chi connectivity index (χ4v) is 6.84. The number of rotatable bonds is 2. The van der Waals surface area contributed by atoms with Crippen LogP contribution in [0.3, 0.4) is 0 Å². The molecule has 0 saturated heterocycles. The first-order valence-electron chi connectivity index (χ1n) is 9.35. The Labute approximate surface area is 162 Å². The van der Waals surface area contributed by atoms with Crippen molar-refractivity contribution in [3.63, 3.8) is 0 Å². The number of aromatic nitrogens is 1. The second-order valence-electron chi connectivity index (χ2n) is 8.47. The average molecular weight is 418 g/mol. The molecule has 0 aliphatic carbocycles. The van der Waals surface area contributed by atoms with Crippen molar-refractivity contribution >= 4 is 39.2 Å². The topological polar surface area (TPSA) is 12.9 Å². The number of nitrogens with zero attached hydrogens (tertiary/aromatic N) is 1. The fourth-order valence-electron chi connectivity index (χ4n) is 3.95. The number of benzene rings is 3. The van der Waals surface area contributed by atoms with Gasteiger partial charge in [0.1, 0.15) is 0 Å². The minimum atomic E-state index is -2.25. The van der Waals surface area contributed by atoms with E-state index in [0.717, 1.165) is 37.2 Å². The van der Waals surface area contributed by atoms with E-state index < -0.39 is 13.3 Å². The van der Waals surface area contributed by atoms with Crippen molar-refractivity contribution in [3.05, 3.63) is 71.7 Å². The molecule has 4 rings (SSSR count). The predicted octanol–water partition coefficient (Wildman–Crippen LogP) is 6.36. The predicted molar refractivity (Wildman–Crippen MR) is 117 cm³/mol. The van der Waals surface area contributed by atoms with Crippen molar-refractivity contribution in [2.45, 2.75) is 31.1 Å². The third kappa shape index (κ3) is 3.16. The van der Waals surface area contributed by atoms with E-state index in [1.807, 2.05) is 30.5 Å². The van der Waals surface area contributed by atoms with E-state index in [9.17, 15) is 0 Å². The van der Waals surface area contributed by atoms with Crippen LogP contribution >= 0.6 is 0 Å². The molecular formula is C24H24FGeN. The standard InChI is InChI=1S/C24H24FGeN/c1-15-12-16(2)14-17(13-15)24-21-7-6-20-18(19(21)10-11-27-24)8-9-22(23(20)25)26(3,4)5/h6-14H,1-5H3. The number of hydrogen-bond acceptors (Lipinski definition) is 1. The molecule has 0 amide bonds. The summed E-state index contributed by atoms with van der Waals surface area (Å²) in [6, 6.07) is 16.6. The molecule has 3 aromatic carbocycles. The van der Waals surface area contributed by atoms with Crippen LogP contribution in [0.5, 0.6) is 0 Å². The van der Waals surface area contributed by atoms with E-state index in [4.69, 9.17) is 0 Å². The zero-order valence-electron chi connectivity index (χ0n) is 16.5. The normalized spacial score (nSPS) is 12.1. The van der Waals surface area contributed by atoms with Crippen LogP contribution < -0.4 is 4.40 Å². The summed E-state index contributed by atoms with van der Waals surface area (Å²) in [7, 11) is 0. The van der Waals surface area contributed by atoms with Gasteiger partial charge in [-0.25, -0.2) is 0 Å². The summed E-state index contributed by atoms with van der Waals surface area (Å²) in [4.78, 5) is 4.66.